The zero-order valence-electron chi connectivity index (χ0n) is 8.57. The first-order valence-electron chi connectivity index (χ1n) is 5.36. The molecule has 2 saturated heterocycles. The Morgan fingerprint density at radius 2 is 2.36 bits per heavy atom. The molecule has 0 spiro atoms. The van der Waals surface area contributed by atoms with E-state index in [9.17, 15) is 9.90 Å². The number of fused-ring (bicyclic) bond motifs is 1. The molecule has 2 heterocycles. The molecule has 78 valence electrons. The maximum absolute atomic E-state index is 11.6. The zero-order valence-corrected chi connectivity index (χ0v) is 8.57. The molecule has 0 aromatic rings. The van der Waals surface area contributed by atoms with Gasteiger partial charge in [0.1, 0.15) is 0 Å². The van der Waals surface area contributed by atoms with Crippen LogP contribution < -0.4 is 0 Å². The summed E-state index contributed by atoms with van der Waals surface area (Å²) in [6, 6.07) is 0.297. The average Bonchev–Trinajstić information content (AvgIpc) is 2.44. The summed E-state index contributed by atoms with van der Waals surface area (Å²) in [6.07, 6.45) is 5.34. The molecule has 0 aromatic carbocycles. The van der Waals surface area contributed by atoms with Gasteiger partial charge in [-0.05, 0) is 31.8 Å². The summed E-state index contributed by atoms with van der Waals surface area (Å²) in [5, 5.41) is 9.28. The first-order valence-corrected chi connectivity index (χ1v) is 5.36. The second kappa shape index (κ2) is 3.73. The third-order valence-corrected chi connectivity index (χ3v) is 3.06. The summed E-state index contributed by atoms with van der Waals surface area (Å²) in [7, 11) is 0. The van der Waals surface area contributed by atoms with Gasteiger partial charge in [0.25, 0.3) is 0 Å². The molecule has 0 radical (unpaired) electrons. The topological polar surface area (TPSA) is 40.5 Å². The van der Waals surface area contributed by atoms with E-state index in [1.807, 2.05) is 11.0 Å². The Morgan fingerprint density at radius 1 is 1.57 bits per heavy atom. The molecule has 2 rings (SSSR count). The van der Waals surface area contributed by atoms with E-state index < -0.39 is 6.10 Å². The molecule has 1 N–H and O–H groups in total. The molecular weight excluding hydrogens is 178 g/mol. The summed E-state index contributed by atoms with van der Waals surface area (Å²) < 4.78 is 0. The fourth-order valence-corrected chi connectivity index (χ4v) is 2.49. The Labute approximate surface area is 84.4 Å². The van der Waals surface area contributed by atoms with Crippen LogP contribution in [0.25, 0.3) is 0 Å². The highest BCUT2D eigenvalue weighted by Crippen LogP contribution is 2.32. The summed E-state index contributed by atoms with van der Waals surface area (Å²) in [5.74, 6) is 0.238. The van der Waals surface area contributed by atoms with Gasteiger partial charge in [-0.25, -0.2) is 0 Å². The average molecular weight is 195 g/mol. The molecule has 14 heavy (non-hydrogen) atoms. The van der Waals surface area contributed by atoms with Gasteiger partial charge in [-0.15, -0.1) is 0 Å². The minimum Gasteiger partial charge on any atom is -0.389 e. The Morgan fingerprint density at radius 3 is 3.07 bits per heavy atom. The highest BCUT2D eigenvalue weighted by atomic mass is 16.3. The van der Waals surface area contributed by atoms with Crippen LogP contribution in [-0.2, 0) is 4.79 Å². The van der Waals surface area contributed by atoms with Gasteiger partial charge in [0.05, 0.1) is 12.1 Å². The predicted molar refractivity (Wildman–Crippen MR) is 53.7 cm³/mol. The van der Waals surface area contributed by atoms with Crippen molar-refractivity contribution in [2.24, 2.45) is 0 Å². The van der Waals surface area contributed by atoms with E-state index in [0.29, 0.717) is 12.5 Å². The van der Waals surface area contributed by atoms with Gasteiger partial charge in [0.15, 0.2) is 0 Å². The van der Waals surface area contributed by atoms with E-state index >= 15 is 0 Å². The van der Waals surface area contributed by atoms with Gasteiger partial charge < -0.3 is 10.0 Å². The second-order valence-corrected chi connectivity index (χ2v) is 4.26. The van der Waals surface area contributed by atoms with Crippen molar-refractivity contribution >= 4 is 5.91 Å². The third-order valence-electron chi connectivity index (χ3n) is 3.06. The van der Waals surface area contributed by atoms with E-state index in [1.165, 1.54) is 6.42 Å². The van der Waals surface area contributed by atoms with Crippen LogP contribution in [0.3, 0.4) is 0 Å². The quantitative estimate of drug-likeness (QED) is 0.636. The number of aliphatic hydroxyl groups is 1. The number of hydrogen-bond donors (Lipinski definition) is 1. The van der Waals surface area contributed by atoms with Crippen molar-refractivity contribution in [2.45, 2.75) is 44.8 Å². The number of carbonyl (C=O) groups is 1. The smallest absolute Gasteiger partial charge is 0.227 e. The molecule has 2 fully saturated rings. The predicted octanol–water partition coefficient (Wildman–Crippen LogP) is 1.08. The first kappa shape index (κ1) is 9.71. The second-order valence-electron chi connectivity index (χ2n) is 4.26. The lowest BCUT2D eigenvalue weighted by Crippen LogP contribution is -2.37. The van der Waals surface area contributed by atoms with Crippen molar-refractivity contribution in [1.82, 2.24) is 4.90 Å². The number of nitrogens with zero attached hydrogens (tertiary/aromatic N) is 1. The van der Waals surface area contributed by atoms with Crippen LogP contribution in [0.5, 0.6) is 0 Å². The molecule has 3 heteroatoms. The highest BCUT2D eigenvalue weighted by Gasteiger charge is 2.36. The number of piperidine rings is 1. The lowest BCUT2D eigenvalue weighted by atomic mass is 9.97. The number of amides is 1. The zero-order chi connectivity index (χ0) is 10.1. The van der Waals surface area contributed by atoms with Crippen LogP contribution in [0, 0.1) is 0 Å². The molecule has 1 amide bonds. The summed E-state index contributed by atoms with van der Waals surface area (Å²) in [5.41, 5.74) is 1.13. The Balaban J connectivity index is 2.17. The minimum absolute atomic E-state index is 0.238. The van der Waals surface area contributed by atoms with E-state index in [-0.39, 0.29) is 5.91 Å². The van der Waals surface area contributed by atoms with Gasteiger partial charge >= 0.3 is 0 Å². The molecule has 0 bridgehead atoms. The van der Waals surface area contributed by atoms with Gasteiger partial charge in [0, 0.05) is 13.0 Å². The molecule has 0 aliphatic carbocycles. The number of hydrogen-bond acceptors (Lipinski definition) is 2. The lowest BCUT2D eigenvalue weighted by molar-refractivity contribution is -0.129. The van der Waals surface area contributed by atoms with Crippen molar-refractivity contribution < 1.29 is 9.90 Å². The van der Waals surface area contributed by atoms with Crippen LogP contribution in [0.1, 0.15) is 32.6 Å². The summed E-state index contributed by atoms with van der Waals surface area (Å²) in [4.78, 5) is 13.6. The van der Waals surface area contributed by atoms with Crippen LogP contribution in [0.4, 0.5) is 0 Å². The first-order chi connectivity index (χ1) is 6.68. The van der Waals surface area contributed by atoms with Gasteiger partial charge in [-0.2, -0.15) is 0 Å². The van der Waals surface area contributed by atoms with E-state index in [1.54, 1.807) is 6.92 Å². The van der Waals surface area contributed by atoms with Crippen molar-refractivity contribution in [3.05, 3.63) is 11.6 Å². The summed E-state index contributed by atoms with van der Waals surface area (Å²) >= 11 is 0. The van der Waals surface area contributed by atoms with Gasteiger partial charge in [-0.3, -0.25) is 4.79 Å². The third kappa shape index (κ3) is 1.69. The molecule has 2 unspecified atom stereocenters. The Bertz CT molecular complexity index is 270. The van der Waals surface area contributed by atoms with E-state index in [0.717, 1.165) is 25.0 Å². The molecule has 0 saturated carbocycles. The summed E-state index contributed by atoms with van der Waals surface area (Å²) in [6.45, 7) is 2.64. The van der Waals surface area contributed by atoms with Crippen molar-refractivity contribution in [2.75, 3.05) is 6.54 Å². The van der Waals surface area contributed by atoms with Crippen LogP contribution in [0.2, 0.25) is 0 Å². The van der Waals surface area contributed by atoms with Gasteiger partial charge in [-0.1, -0.05) is 6.08 Å². The number of rotatable bonds is 1. The van der Waals surface area contributed by atoms with E-state index in [2.05, 4.69) is 0 Å². The van der Waals surface area contributed by atoms with Crippen molar-refractivity contribution in [3.63, 3.8) is 0 Å². The van der Waals surface area contributed by atoms with Crippen molar-refractivity contribution in [3.8, 4) is 0 Å². The normalized spacial score (nSPS) is 32.1. The molecule has 2 aliphatic heterocycles. The number of carbonyl (C=O) groups excluding carboxylic acids is 1. The molecule has 0 aromatic heterocycles. The molecule has 3 nitrogen and oxygen atoms in total. The highest BCUT2D eigenvalue weighted by molar-refractivity contribution is 5.83. The molecule has 2 aliphatic rings. The minimum atomic E-state index is -0.431. The van der Waals surface area contributed by atoms with Crippen molar-refractivity contribution in [1.29, 1.82) is 0 Å². The maximum atomic E-state index is 11.6. The monoisotopic (exact) mass is 195 g/mol. The van der Waals surface area contributed by atoms with Crippen LogP contribution in [-0.4, -0.2) is 34.6 Å². The maximum Gasteiger partial charge on any atom is 0.227 e. The standard InChI is InChI=1S/C11H17NO2/c1-8(13)6-9-7-11(14)12-5-3-2-4-10(9)12/h6,8,10,13H,2-5,7H2,1H3/b9-6-. The molecular formula is C11H17NO2. The van der Waals surface area contributed by atoms with Crippen LogP contribution in [0.15, 0.2) is 11.6 Å². The fourth-order valence-electron chi connectivity index (χ4n) is 2.49. The fraction of sp³-hybridized carbons (Fsp3) is 0.727. The van der Waals surface area contributed by atoms with Gasteiger partial charge in [0.2, 0.25) is 5.91 Å². The largest absolute Gasteiger partial charge is 0.389 e. The van der Waals surface area contributed by atoms with Crippen LogP contribution >= 0.6 is 0 Å². The Kier molecular flexibility index (Phi) is 2.59. The SMILES string of the molecule is CC(O)/C=C1/CC(=O)N2CCCCC12. The number of aliphatic hydroxyl groups excluding tert-OH is 1. The van der Waals surface area contributed by atoms with E-state index in [4.69, 9.17) is 0 Å². The molecule has 2 atom stereocenters. The Hall–Kier alpha value is -0.830. The lowest BCUT2D eigenvalue weighted by Gasteiger charge is -2.30.